The molecule has 0 radical (unpaired) electrons. The van der Waals surface area contributed by atoms with E-state index in [1.54, 1.807) is 0 Å². The number of quaternary nitrogens is 1. The van der Waals surface area contributed by atoms with Crippen molar-refractivity contribution in [2.24, 2.45) is 5.73 Å². The summed E-state index contributed by atoms with van der Waals surface area (Å²) >= 11 is 4.21. The first kappa shape index (κ1) is 15.3. The second kappa shape index (κ2) is 9.49. The van der Waals surface area contributed by atoms with Gasteiger partial charge in [-0.05, 0) is 25.0 Å². The lowest BCUT2D eigenvalue weighted by Gasteiger charge is -2.27. The van der Waals surface area contributed by atoms with Crippen molar-refractivity contribution in [3.8, 4) is 0 Å². The lowest BCUT2D eigenvalue weighted by atomic mass is 10.1. The normalized spacial score (nSPS) is 12.0. The summed E-state index contributed by atoms with van der Waals surface area (Å²) in [5.74, 6) is 1.04. The minimum Gasteiger partial charge on any atom is -0.316 e. The summed E-state index contributed by atoms with van der Waals surface area (Å²) in [6.45, 7) is 1.97. The molecular formula is C12H29N2S+. The van der Waals surface area contributed by atoms with Crippen LogP contribution in [0.2, 0.25) is 0 Å². The number of rotatable bonds is 10. The molecule has 0 rings (SSSR count). The molecule has 2 nitrogen and oxygen atoms in total. The topological polar surface area (TPSA) is 26.0 Å². The third kappa shape index (κ3) is 10.6. The third-order valence-corrected chi connectivity index (χ3v) is 3.23. The molecule has 0 atom stereocenters. The van der Waals surface area contributed by atoms with E-state index in [0.717, 1.165) is 16.9 Å². The fourth-order valence-electron chi connectivity index (χ4n) is 1.63. The number of unbranched alkanes of at least 4 members (excludes halogenated alkanes) is 6. The van der Waals surface area contributed by atoms with Gasteiger partial charge in [-0.1, -0.05) is 25.7 Å². The van der Waals surface area contributed by atoms with Crippen molar-refractivity contribution in [2.45, 2.75) is 44.9 Å². The van der Waals surface area contributed by atoms with Gasteiger partial charge in [0.15, 0.2) is 0 Å². The second-order valence-electron chi connectivity index (χ2n) is 5.04. The average Bonchev–Trinajstić information content (AvgIpc) is 2.22. The fourth-order valence-corrected chi connectivity index (χ4v) is 1.85. The highest BCUT2D eigenvalue weighted by Crippen LogP contribution is 2.09. The molecule has 15 heavy (non-hydrogen) atoms. The number of nitrogens with zero attached hydrogens (tertiary/aromatic N) is 1. The Bertz CT molecular complexity index is 138. The Morgan fingerprint density at radius 3 is 1.80 bits per heavy atom. The van der Waals surface area contributed by atoms with Gasteiger partial charge >= 0.3 is 0 Å². The van der Waals surface area contributed by atoms with Gasteiger partial charge in [0.1, 0.15) is 6.67 Å². The Labute approximate surface area is 101 Å². The smallest absolute Gasteiger partial charge is 0.129 e. The maximum atomic E-state index is 5.67. The van der Waals surface area contributed by atoms with Crippen LogP contribution in [0.3, 0.4) is 0 Å². The number of thiol groups is 1. The number of nitrogens with two attached hydrogens (primary N) is 1. The van der Waals surface area contributed by atoms with Crippen LogP contribution in [-0.4, -0.2) is 37.5 Å². The molecule has 0 heterocycles. The number of hydrogen-bond acceptors (Lipinski definition) is 2. The molecule has 0 aromatic heterocycles. The van der Waals surface area contributed by atoms with E-state index in [-0.39, 0.29) is 0 Å². The number of hydrogen-bond donors (Lipinski definition) is 2. The predicted molar refractivity (Wildman–Crippen MR) is 72.2 cm³/mol. The molecule has 0 amide bonds. The first-order chi connectivity index (χ1) is 7.12. The second-order valence-corrected chi connectivity index (χ2v) is 5.49. The van der Waals surface area contributed by atoms with Crippen LogP contribution in [0.15, 0.2) is 0 Å². The predicted octanol–water partition coefficient (Wildman–Crippen LogP) is 2.64. The highest BCUT2D eigenvalue weighted by atomic mass is 32.1. The Morgan fingerprint density at radius 2 is 1.33 bits per heavy atom. The molecule has 0 spiro atoms. The van der Waals surface area contributed by atoms with Crippen molar-refractivity contribution in [2.75, 3.05) is 33.1 Å². The van der Waals surface area contributed by atoms with Gasteiger partial charge in [-0.3, -0.25) is 5.73 Å². The van der Waals surface area contributed by atoms with Crippen molar-refractivity contribution >= 4 is 12.6 Å². The molecule has 0 bridgehead atoms. The van der Waals surface area contributed by atoms with E-state index in [4.69, 9.17) is 5.73 Å². The van der Waals surface area contributed by atoms with Crippen LogP contribution in [0.1, 0.15) is 44.9 Å². The maximum Gasteiger partial charge on any atom is 0.129 e. The van der Waals surface area contributed by atoms with Crippen LogP contribution >= 0.6 is 12.6 Å². The van der Waals surface area contributed by atoms with E-state index in [9.17, 15) is 0 Å². The first-order valence-corrected chi connectivity index (χ1v) is 6.88. The van der Waals surface area contributed by atoms with Gasteiger partial charge < -0.3 is 4.48 Å². The summed E-state index contributed by atoms with van der Waals surface area (Å²) in [7, 11) is 4.40. The Morgan fingerprint density at radius 1 is 0.867 bits per heavy atom. The molecule has 0 aromatic carbocycles. The van der Waals surface area contributed by atoms with Gasteiger partial charge in [-0.25, -0.2) is 0 Å². The van der Waals surface area contributed by atoms with Crippen LogP contribution in [0.5, 0.6) is 0 Å². The van der Waals surface area contributed by atoms with E-state index >= 15 is 0 Å². The average molecular weight is 233 g/mol. The van der Waals surface area contributed by atoms with Crippen molar-refractivity contribution in [3.05, 3.63) is 0 Å². The monoisotopic (exact) mass is 233 g/mol. The van der Waals surface area contributed by atoms with Crippen molar-refractivity contribution in [1.29, 1.82) is 0 Å². The Kier molecular flexibility index (Phi) is 9.66. The van der Waals surface area contributed by atoms with Gasteiger partial charge in [0.05, 0.1) is 20.6 Å². The van der Waals surface area contributed by atoms with Crippen LogP contribution in [0.4, 0.5) is 0 Å². The zero-order valence-electron chi connectivity index (χ0n) is 10.5. The van der Waals surface area contributed by atoms with Crippen molar-refractivity contribution in [3.63, 3.8) is 0 Å². The molecule has 0 saturated heterocycles. The third-order valence-electron chi connectivity index (χ3n) is 2.92. The Hall–Kier alpha value is 0.270. The summed E-state index contributed by atoms with van der Waals surface area (Å²) in [6, 6.07) is 0. The van der Waals surface area contributed by atoms with Crippen LogP contribution in [0, 0.1) is 0 Å². The van der Waals surface area contributed by atoms with Gasteiger partial charge in [0.2, 0.25) is 0 Å². The molecule has 0 aromatic rings. The zero-order valence-corrected chi connectivity index (χ0v) is 11.4. The SMILES string of the molecule is C[N+](C)(CN)CCCCCCCCCS. The van der Waals surface area contributed by atoms with E-state index in [1.807, 2.05) is 0 Å². The molecular weight excluding hydrogens is 204 g/mol. The summed E-state index contributed by atoms with van der Waals surface area (Å²) in [5.41, 5.74) is 5.67. The Balaban J connectivity index is 3.11. The molecule has 3 heteroatoms. The molecule has 0 fully saturated rings. The van der Waals surface area contributed by atoms with Crippen LogP contribution < -0.4 is 5.73 Å². The molecule has 0 saturated carbocycles. The first-order valence-electron chi connectivity index (χ1n) is 6.25. The summed E-state index contributed by atoms with van der Waals surface area (Å²) in [6.07, 6.45) is 9.48. The highest BCUT2D eigenvalue weighted by Gasteiger charge is 2.10. The van der Waals surface area contributed by atoms with E-state index in [0.29, 0.717) is 0 Å². The molecule has 92 valence electrons. The summed E-state index contributed by atoms with van der Waals surface area (Å²) < 4.78 is 0.958. The molecule has 0 aliphatic heterocycles. The largest absolute Gasteiger partial charge is 0.316 e. The molecule has 0 aliphatic carbocycles. The summed E-state index contributed by atoms with van der Waals surface area (Å²) in [5, 5.41) is 0. The van der Waals surface area contributed by atoms with Crippen molar-refractivity contribution < 1.29 is 4.48 Å². The molecule has 2 N–H and O–H groups in total. The van der Waals surface area contributed by atoms with Gasteiger partial charge in [0, 0.05) is 0 Å². The van der Waals surface area contributed by atoms with Crippen LogP contribution in [-0.2, 0) is 0 Å². The molecule has 0 aliphatic rings. The van der Waals surface area contributed by atoms with E-state index in [1.165, 1.54) is 51.5 Å². The minimum atomic E-state index is 0.752. The van der Waals surface area contributed by atoms with E-state index < -0.39 is 0 Å². The quantitative estimate of drug-likeness (QED) is 0.258. The summed E-state index contributed by atoms with van der Waals surface area (Å²) in [4.78, 5) is 0. The standard InChI is InChI=1S/C12H28N2S/c1-14(2,12-13)10-8-6-4-3-5-7-9-11-15/h3-13H2,1-2H3/p+1. The fraction of sp³-hybridized carbons (Fsp3) is 1.00. The van der Waals surface area contributed by atoms with Gasteiger partial charge in [0.25, 0.3) is 0 Å². The zero-order chi connectivity index (χ0) is 11.6. The maximum absolute atomic E-state index is 5.67. The highest BCUT2D eigenvalue weighted by molar-refractivity contribution is 7.80. The lowest BCUT2D eigenvalue weighted by Crippen LogP contribution is -2.44. The lowest BCUT2D eigenvalue weighted by molar-refractivity contribution is -0.890. The van der Waals surface area contributed by atoms with E-state index in [2.05, 4.69) is 26.7 Å². The van der Waals surface area contributed by atoms with Gasteiger partial charge in [-0.15, -0.1) is 0 Å². The van der Waals surface area contributed by atoms with Crippen LogP contribution in [0.25, 0.3) is 0 Å². The van der Waals surface area contributed by atoms with Gasteiger partial charge in [-0.2, -0.15) is 12.6 Å². The minimum absolute atomic E-state index is 0.752. The molecule has 0 unspecified atom stereocenters. The van der Waals surface area contributed by atoms with Crippen molar-refractivity contribution in [1.82, 2.24) is 0 Å².